The highest BCUT2D eigenvalue weighted by atomic mass is 16.6. The SMILES string of the molecule is CC(C)(C)OC(=O)Nc1nc2c(c(=O)[nH]1)CCCC2. The standard InChI is InChI=1S/C13H19N3O3/c1-13(2,3)19-12(18)16-11-14-9-7-5-4-6-8(9)10(17)15-11/h4-7H2,1-3H3,(H2,14,15,16,17,18). The Balaban J connectivity index is 2.16. The van der Waals surface area contributed by atoms with Crippen LogP contribution in [0.2, 0.25) is 0 Å². The topological polar surface area (TPSA) is 84.1 Å². The molecule has 2 N–H and O–H groups in total. The van der Waals surface area contributed by atoms with Gasteiger partial charge in [-0.15, -0.1) is 0 Å². The number of nitrogens with zero attached hydrogens (tertiary/aromatic N) is 1. The molecule has 0 saturated carbocycles. The van der Waals surface area contributed by atoms with Gasteiger partial charge in [-0.25, -0.2) is 9.78 Å². The first-order valence-electron chi connectivity index (χ1n) is 6.47. The molecule has 0 radical (unpaired) electrons. The van der Waals surface area contributed by atoms with Crippen LogP contribution in [0.5, 0.6) is 0 Å². The van der Waals surface area contributed by atoms with Gasteiger partial charge in [0.15, 0.2) is 0 Å². The molecule has 1 aliphatic rings. The summed E-state index contributed by atoms with van der Waals surface area (Å²) in [7, 11) is 0. The largest absolute Gasteiger partial charge is 0.444 e. The lowest BCUT2D eigenvalue weighted by atomic mass is 9.97. The first-order chi connectivity index (χ1) is 8.85. The van der Waals surface area contributed by atoms with Crippen LogP contribution in [0, 0.1) is 0 Å². The number of fused-ring (bicyclic) bond motifs is 1. The van der Waals surface area contributed by atoms with Crippen molar-refractivity contribution in [3.63, 3.8) is 0 Å². The quantitative estimate of drug-likeness (QED) is 0.813. The minimum Gasteiger partial charge on any atom is -0.444 e. The Labute approximate surface area is 111 Å². The van der Waals surface area contributed by atoms with Gasteiger partial charge in [0, 0.05) is 5.56 Å². The number of hydrogen-bond donors (Lipinski definition) is 2. The van der Waals surface area contributed by atoms with Gasteiger partial charge >= 0.3 is 6.09 Å². The van der Waals surface area contributed by atoms with E-state index in [0.717, 1.165) is 36.9 Å². The maximum Gasteiger partial charge on any atom is 0.414 e. The molecule has 1 aromatic heterocycles. The van der Waals surface area contributed by atoms with Crippen LogP contribution in [-0.4, -0.2) is 21.7 Å². The van der Waals surface area contributed by atoms with Crippen LogP contribution in [0.3, 0.4) is 0 Å². The molecule has 0 fully saturated rings. The molecule has 104 valence electrons. The summed E-state index contributed by atoms with van der Waals surface area (Å²) in [5, 5.41) is 2.46. The molecular weight excluding hydrogens is 246 g/mol. The molecule has 1 aromatic rings. The van der Waals surface area contributed by atoms with E-state index in [1.807, 2.05) is 0 Å². The number of carbonyl (C=O) groups excluding carboxylic acids is 1. The lowest BCUT2D eigenvalue weighted by Crippen LogP contribution is -2.29. The highest BCUT2D eigenvalue weighted by Crippen LogP contribution is 2.17. The van der Waals surface area contributed by atoms with Crippen LogP contribution in [0.1, 0.15) is 44.9 Å². The first kappa shape index (κ1) is 13.6. The van der Waals surface area contributed by atoms with Crippen molar-refractivity contribution in [3.05, 3.63) is 21.6 Å². The molecule has 1 amide bonds. The number of ether oxygens (including phenoxy) is 1. The van der Waals surface area contributed by atoms with Gasteiger partial charge in [0.05, 0.1) is 5.69 Å². The van der Waals surface area contributed by atoms with E-state index < -0.39 is 11.7 Å². The van der Waals surface area contributed by atoms with Crippen LogP contribution in [-0.2, 0) is 17.6 Å². The molecule has 0 aliphatic heterocycles. The Morgan fingerprint density at radius 1 is 1.32 bits per heavy atom. The third kappa shape index (κ3) is 3.56. The Bertz CT molecular complexity index is 543. The number of rotatable bonds is 1. The predicted octanol–water partition coefficient (Wildman–Crippen LogP) is 2.00. The number of aromatic amines is 1. The number of aryl methyl sites for hydroxylation is 1. The lowest BCUT2D eigenvalue weighted by Gasteiger charge is -2.20. The van der Waals surface area contributed by atoms with Crippen LogP contribution in [0.4, 0.5) is 10.7 Å². The second-order valence-corrected chi connectivity index (χ2v) is 5.67. The molecule has 0 saturated heterocycles. The van der Waals surface area contributed by atoms with Gasteiger partial charge in [-0.3, -0.25) is 15.1 Å². The Kier molecular flexibility index (Phi) is 3.59. The molecule has 0 spiro atoms. The summed E-state index contributed by atoms with van der Waals surface area (Å²) in [5.74, 6) is 0.153. The number of hydrogen-bond acceptors (Lipinski definition) is 4. The van der Waals surface area contributed by atoms with Crippen molar-refractivity contribution < 1.29 is 9.53 Å². The summed E-state index contributed by atoms with van der Waals surface area (Å²) in [4.78, 5) is 30.3. The number of aromatic nitrogens is 2. The molecule has 6 heteroatoms. The van der Waals surface area contributed by atoms with Gasteiger partial charge in [-0.1, -0.05) is 0 Å². The number of amides is 1. The number of anilines is 1. The molecule has 0 atom stereocenters. The maximum atomic E-state index is 11.9. The lowest BCUT2D eigenvalue weighted by molar-refractivity contribution is 0.0634. The fourth-order valence-electron chi connectivity index (χ4n) is 2.06. The van der Waals surface area contributed by atoms with Gasteiger partial charge in [0.2, 0.25) is 5.95 Å². The maximum absolute atomic E-state index is 11.9. The van der Waals surface area contributed by atoms with E-state index in [2.05, 4.69) is 15.3 Å². The summed E-state index contributed by atoms with van der Waals surface area (Å²) in [6.45, 7) is 5.32. The van der Waals surface area contributed by atoms with E-state index in [-0.39, 0.29) is 11.5 Å². The van der Waals surface area contributed by atoms with Crippen LogP contribution >= 0.6 is 0 Å². The third-order valence-corrected chi connectivity index (χ3v) is 2.81. The summed E-state index contributed by atoms with van der Waals surface area (Å²) in [6, 6.07) is 0. The van der Waals surface area contributed by atoms with E-state index in [9.17, 15) is 9.59 Å². The minimum absolute atomic E-state index is 0.153. The summed E-state index contributed by atoms with van der Waals surface area (Å²) >= 11 is 0. The molecule has 1 aliphatic carbocycles. The Morgan fingerprint density at radius 2 is 2.00 bits per heavy atom. The molecule has 0 bridgehead atoms. The zero-order chi connectivity index (χ0) is 14.0. The molecule has 1 heterocycles. The second kappa shape index (κ2) is 5.03. The van der Waals surface area contributed by atoms with Gasteiger partial charge in [0.1, 0.15) is 5.60 Å². The highest BCUT2D eigenvalue weighted by molar-refractivity contribution is 5.82. The Morgan fingerprint density at radius 3 is 2.68 bits per heavy atom. The van der Waals surface area contributed by atoms with Crippen LogP contribution in [0.25, 0.3) is 0 Å². The zero-order valence-corrected chi connectivity index (χ0v) is 11.5. The Hall–Kier alpha value is -1.85. The second-order valence-electron chi connectivity index (χ2n) is 5.67. The third-order valence-electron chi connectivity index (χ3n) is 2.81. The molecule has 0 unspecified atom stereocenters. The van der Waals surface area contributed by atoms with Crippen LogP contribution < -0.4 is 10.9 Å². The van der Waals surface area contributed by atoms with E-state index in [4.69, 9.17) is 4.74 Å². The molecule has 6 nitrogen and oxygen atoms in total. The van der Waals surface area contributed by atoms with Crippen molar-refractivity contribution in [2.45, 2.75) is 52.1 Å². The average Bonchev–Trinajstić information content (AvgIpc) is 2.26. The van der Waals surface area contributed by atoms with Gasteiger partial charge in [-0.05, 0) is 46.5 Å². The molecule has 2 rings (SSSR count). The van der Waals surface area contributed by atoms with Crippen molar-refractivity contribution in [2.24, 2.45) is 0 Å². The van der Waals surface area contributed by atoms with Crippen molar-refractivity contribution in [3.8, 4) is 0 Å². The first-order valence-corrected chi connectivity index (χ1v) is 6.47. The zero-order valence-electron chi connectivity index (χ0n) is 11.5. The monoisotopic (exact) mass is 265 g/mol. The average molecular weight is 265 g/mol. The van der Waals surface area contributed by atoms with Gasteiger partial charge < -0.3 is 4.74 Å². The predicted molar refractivity (Wildman–Crippen MR) is 71.4 cm³/mol. The number of carbonyl (C=O) groups is 1. The molecule has 19 heavy (non-hydrogen) atoms. The van der Waals surface area contributed by atoms with E-state index in [1.165, 1.54) is 0 Å². The van der Waals surface area contributed by atoms with E-state index in [0.29, 0.717) is 0 Å². The van der Waals surface area contributed by atoms with Gasteiger partial charge in [0.25, 0.3) is 5.56 Å². The fourth-order valence-corrected chi connectivity index (χ4v) is 2.06. The smallest absolute Gasteiger partial charge is 0.414 e. The van der Waals surface area contributed by atoms with E-state index >= 15 is 0 Å². The van der Waals surface area contributed by atoms with Gasteiger partial charge in [-0.2, -0.15) is 0 Å². The summed E-state index contributed by atoms with van der Waals surface area (Å²) in [5.41, 5.74) is 0.760. The van der Waals surface area contributed by atoms with Crippen molar-refractivity contribution in [2.75, 3.05) is 5.32 Å². The summed E-state index contributed by atoms with van der Waals surface area (Å²) < 4.78 is 5.11. The van der Waals surface area contributed by atoms with E-state index in [1.54, 1.807) is 20.8 Å². The van der Waals surface area contributed by atoms with Crippen LogP contribution in [0.15, 0.2) is 4.79 Å². The summed E-state index contributed by atoms with van der Waals surface area (Å²) in [6.07, 6.45) is 2.95. The normalized spacial score (nSPS) is 14.7. The van der Waals surface area contributed by atoms with Crippen molar-refractivity contribution >= 4 is 12.0 Å². The number of nitrogens with one attached hydrogen (secondary N) is 2. The molecular formula is C13H19N3O3. The minimum atomic E-state index is -0.619. The molecule has 0 aromatic carbocycles. The van der Waals surface area contributed by atoms with Crippen molar-refractivity contribution in [1.29, 1.82) is 0 Å². The van der Waals surface area contributed by atoms with Crippen molar-refractivity contribution in [1.82, 2.24) is 9.97 Å². The number of H-pyrrole nitrogens is 1. The fraction of sp³-hybridized carbons (Fsp3) is 0.615. The highest BCUT2D eigenvalue weighted by Gasteiger charge is 2.19.